The highest BCUT2D eigenvalue weighted by atomic mass is 35.5. The largest absolute Gasteiger partial charge is 0.479 e. The Labute approximate surface area is 128 Å². The summed E-state index contributed by atoms with van der Waals surface area (Å²) in [5.74, 6) is 0.268. The van der Waals surface area contributed by atoms with Crippen LogP contribution in [0.1, 0.15) is 18.2 Å². The molecule has 0 fully saturated rings. The van der Waals surface area contributed by atoms with Gasteiger partial charge in [0.1, 0.15) is 11.4 Å². The van der Waals surface area contributed by atoms with Crippen LogP contribution in [-0.4, -0.2) is 22.1 Å². The Bertz CT molecular complexity index is 626. The Hall–Kier alpha value is -1.47. The summed E-state index contributed by atoms with van der Waals surface area (Å²) in [4.78, 5) is 1.07. The summed E-state index contributed by atoms with van der Waals surface area (Å²) in [6, 6.07) is 1.56. The van der Waals surface area contributed by atoms with E-state index in [-0.39, 0.29) is 21.6 Å². The zero-order chi connectivity index (χ0) is 15.8. The smallest absolute Gasteiger partial charge is 0.416 e. The minimum atomic E-state index is -4.53. The van der Waals surface area contributed by atoms with Crippen molar-refractivity contribution in [1.29, 1.82) is 0 Å². The molecule has 1 aromatic carbocycles. The van der Waals surface area contributed by atoms with Crippen LogP contribution in [-0.2, 0) is 12.6 Å². The molecule has 0 saturated carbocycles. The van der Waals surface area contributed by atoms with Crippen molar-refractivity contribution in [2.24, 2.45) is 0 Å². The number of alkyl halides is 3. The Morgan fingerprint density at radius 3 is 2.14 bits per heavy atom. The van der Waals surface area contributed by atoms with Crippen molar-refractivity contribution in [3.63, 3.8) is 0 Å². The Morgan fingerprint density at radius 1 is 1.19 bits per heavy atom. The lowest BCUT2D eigenvalue weighted by Gasteiger charge is -2.11. The van der Waals surface area contributed by atoms with Crippen molar-refractivity contribution in [3.05, 3.63) is 33.4 Å². The number of methoxy groups -OCH3 is 1. The van der Waals surface area contributed by atoms with Crippen LogP contribution < -0.4 is 4.74 Å². The highest BCUT2D eigenvalue weighted by molar-refractivity contribution is 6.37. The summed E-state index contributed by atoms with van der Waals surface area (Å²) in [5.41, 5.74) is -0.315. The number of hydrogen-bond donors (Lipinski definition) is 0. The highest BCUT2D eigenvalue weighted by Crippen LogP contribution is 2.37. The molecule has 0 unspecified atom stereocenters. The molecule has 0 N–H and O–H groups in total. The first-order chi connectivity index (χ1) is 9.77. The molecular weight excluding hydrogens is 330 g/mol. The number of benzene rings is 1. The van der Waals surface area contributed by atoms with E-state index in [1.165, 1.54) is 7.11 Å². The van der Waals surface area contributed by atoms with Gasteiger partial charge in [-0.3, -0.25) is 0 Å². The quantitative estimate of drug-likeness (QED) is 0.842. The van der Waals surface area contributed by atoms with Gasteiger partial charge in [-0.1, -0.05) is 30.1 Å². The van der Waals surface area contributed by atoms with Gasteiger partial charge in [0, 0.05) is 0 Å². The molecule has 114 valence electrons. The first-order valence-corrected chi connectivity index (χ1v) is 6.60. The van der Waals surface area contributed by atoms with Gasteiger partial charge < -0.3 is 4.74 Å². The third-order valence-corrected chi connectivity index (χ3v) is 3.30. The topological polar surface area (TPSA) is 39.9 Å². The van der Waals surface area contributed by atoms with Crippen molar-refractivity contribution in [2.45, 2.75) is 19.5 Å². The van der Waals surface area contributed by atoms with Crippen LogP contribution in [0.3, 0.4) is 0 Å². The fourth-order valence-electron chi connectivity index (χ4n) is 1.72. The molecule has 0 saturated heterocycles. The van der Waals surface area contributed by atoms with Crippen molar-refractivity contribution >= 4 is 23.2 Å². The van der Waals surface area contributed by atoms with Crippen LogP contribution in [0, 0.1) is 0 Å². The summed E-state index contributed by atoms with van der Waals surface area (Å²) in [6.45, 7) is 1.84. The number of halogens is 5. The molecule has 1 aromatic heterocycles. The standard InChI is InChI=1S/C12H10Cl2F3N3O/c1-3-9-11(21-2)19-20(18-9)10-7(13)4-6(5-8(10)14)12(15,16)17/h4-5H,3H2,1-2H3. The average Bonchev–Trinajstić information content (AvgIpc) is 2.79. The van der Waals surface area contributed by atoms with Gasteiger partial charge >= 0.3 is 6.18 Å². The zero-order valence-corrected chi connectivity index (χ0v) is 12.5. The van der Waals surface area contributed by atoms with E-state index in [0.29, 0.717) is 12.1 Å². The number of aryl methyl sites for hydroxylation is 1. The zero-order valence-electron chi connectivity index (χ0n) is 11.0. The van der Waals surface area contributed by atoms with E-state index in [4.69, 9.17) is 27.9 Å². The third-order valence-electron chi connectivity index (χ3n) is 2.72. The fraction of sp³-hybridized carbons (Fsp3) is 0.333. The van der Waals surface area contributed by atoms with E-state index in [1.807, 2.05) is 6.92 Å². The molecule has 0 radical (unpaired) electrons. The van der Waals surface area contributed by atoms with Crippen LogP contribution in [0.4, 0.5) is 13.2 Å². The van der Waals surface area contributed by atoms with Gasteiger partial charge in [-0.2, -0.15) is 13.2 Å². The first kappa shape index (κ1) is 15.9. The second-order valence-corrected chi connectivity index (χ2v) is 4.90. The molecule has 0 atom stereocenters. The lowest BCUT2D eigenvalue weighted by molar-refractivity contribution is -0.137. The van der Waals surface area contributed by atoms with Gasteiger partial charge in [-0.25, -0.2) is 0 Å². The molecule has 21 heavy (non-hydrogen) atoms. The van der Waals surface area contributed by atoms with Crippen molar-refractivity contribution in [3.8, 4) is 11.6 Å². The number of ether oxygens (including phenoxy) is 1. The molecule has 1 heterocycles. The van der Waals surface area contributed by atoms with Crippen molar-refractivity contribution < 1.29 is 17.9 Å². The van der Waals surface area contributed by atoms with E-state index < -0.39 is 11.7 Å². The van der Waals surface area contributed by atoms with Crippen LogP contribution in [0.2, 0.25) is 10.0 Å². The Balaban J connectivity index is 2.57. The summed E-state index contributed by atoms with van der Waals surface area (Å²) < 4.78 is 43.1. The molecule has 0 aliphatic carbocycles. The summed E-state index contributed by atoms with van der Waals surface area (Å²) in [6.07, 6.45) is -3.99. The van der Waals surface area contributed by atoms with Gasteiger partial charge in [0.2, 0.25) is 0 Å². The van der Waals surface area contributed by atoms with Gasteiger partial charge in [0.15, 0.2) is 0 Å². The maximum atomic E-state index is 12.7. The maximum Gasteiger partial charge on any atom is 0.416 e. The lowest BCUT2D eigenvalue weighted by Crippen LogP contribution is -2.08. The van der Waals surface area contributed by atoms with Crippen LogP contribution in [0.15, 0.2) is 12.1 Å². The molecular formula is C12H10Cl2F3N3O. The minimum absolute atomic E-state index is 0.0735. The average molecular weight is 340 g/mol. The second-order valence-electron chi connectivity index (χ2n) is 4.09. The van der Waals surface area contributed by atoms with E-state index in [2.05, 4.69) is 10.2 Å². The number of aromatic nitrogens is 3. The second kappa shape index (κ2) is 5.73. The summed E-state index contributed by atoms with van der Waals surface area (Å²) in [5, 5.41) is 7.73. The predicted molar refractivity (Wildman–Crippen MR) is 72.3 cm³/mol. The molecule has 0 bridgehead atoms. The highest BCUT2D eigenvalue weighted by Gasteiger charge is 2.32. The molecule has 4 nitrogen and oxygen atoms in total. The molecule has 0 amide bonds. The van der Waals surface area contributed by atoms with E-state index >= 15 is 0 Å². The first-order valence-electron chi connectivity index (χ1n) is 5.84. The molecule has 2 rings (SSSR count). The summed E-state index contributed by atoms with van der Waals surface area (Å²) >= 11 is 11.8. The maximum absolute atomic E-state index is 12.7. The summed E-state index contributed by atoms with van der Waals surface area (Å²) in [7, 11) is 1.42. The van der Waals surface area contributed by atoms with E-state index in [9.17, 15) is 13.2 Å². The van der Waals surface area contributed by atoms with Gasteiger partial charge in [0.05, 0.1) is 22.7 Å². The lowest BCUT2D eigenvalue weighted by atomic mass is 10.2. The minimum Gasteiger partial charge on any atom is -0.479 e. The molecule has 0 aliphatic rings. The van der Waals surface area contributed by atoms with Crippen LogP contribution in [0.25, 0.3) is 5.69 Å². The molecule has 2 aromatic rings. The number of hydrogen-bond acceptors (Lipinski definition) is 3. The van der Waals surface area contributed by atoms with Gasteiger partial charge in [0.25, 0.3) is 5.88 Å². The van der Waals surface area contributed by atoms with E-state index in [1.54, 1.807) is 0 Å². The molecule has 9 heteroatoms. The fourth-order valence-corrected chi connectivity index (χ4v) is 2.36. The van der Waals surface area contributed by atoms with Gasteiger partial charge in [-0.05, 0) is 18.6 Å². The molecule has 0 aliphatic heterocycles. The van der Waals surface area contributed by atoms with Crippen LogP contribution >= 0.6 is 23.2 Å². The van der Waals surface area contributed by atoms with Crippen molar-refractivity contribution in [1.82, 2.24) is 15.0 Å². The Morgan fingerprint density at radius 2 is 1.76 bits per heavy atom. The normalized spacial score (nSPS) is 11.8. The number of rotatable bonds is 3. The predicted octanol–water partition coefficient (Wildman–Crippen LogP) is 4.16. The van der Waals surface area contributed by atoms with Crippen LogP contribution in [0.5, 0.6) is 5.88 Å². The molecule has 0 spiro atoms. The number of nitrogens with zero attached hydrogens (tertiary/aromatic N) is 3. The van der Waals surface area contributed by atoms with Crippen molar-refractivity contribution in [2.75, 3.05) is 7.11 Å². The SMILES string of the molecule is CCc1nn(-c2c(Cl)cc(C(F)(F)F)cc2Cl)nc1OC. The monoisotopic (exact) mass is 339 g/mol. The van der Waals surface area contributed by atoms with E-state index in [0.717, 1.165) is 16.9 Å². The third kappa shape index (κ3) is 3.08. The Kier molecular flexibility index (Phi) is 4.34. The van der Waals surface area contributed by atoms with Gasteiger partial charge in [-0.15, -0.1) is 15.0 Å².